The molecule has 2 aromatic heterocycles. The summed E-state index contributed by atoms with van der Waals surface area (Å²) in [5.41, 5.74) is 1.46. The second kappa shape index (κ2) is 8.78. The van der Waals surface area contributed by atoms with Crippen molar-refractivity contribution in [3.05, 3.63) is 66.6 Å². The Kier molecular flexibility index (Phi) is 6.06. The van der Waals surface area contributed by atoms with Gasteiger partial charge in [0.1, 0.15) is 0 Å². The highest BCUT2D eigenvalue weighted by atomic mass is 32.2. The van der Waals surface area contributed by atoms with Gasteiger partial charge in [-0.25, -0.2) is 17.4 Å². The lowest BCUT2D eigenvalue weighted by Crippen LogP contribution is -2.33. The molecule has 1 saturated heterocycles. The molecule has 32 heavy (non-hydrogen) atoms. The summed E-state index contributed by atoms with van der Waals surface area (Å²) in [6.45, 7) is 3.96. The van der Waals surface area contributed by atoms with Gasteiger partial charge in [0.15, 0.2) is 11.4 Å². The van der Waals surface area contributed by atoms with E-state index in [4.69, 9.17) is 0 Å². The van der Waals surface area contributed by atoms with E-state index in [0.717, 1.165) is 35.6 Å². The molecule has 1 aromatic carbocycles. The quantitative estimate of drug-likeness (QED) is 0.419. The number of carbonyl (C=O) groups is 1. The van der Waals surface area contributed by atoms with Gasteiger partial charge in [-0.05, 0) is 37.0 Å². The maximum atomic E-state index is 13.5. The third kappa shape index (κ3) is 4.14. The molecular formula is C24H28N4O3S. The van der Waals surface area contributed by atoms with Crippen molar-refractivity contribution < 1.29 is 13.2 Å². The number of piperidine rings is 1. The summed E-state index contributed by atoms with van der Waals surface area (Å²) in [5.74, 6) is 0.390. The molecule has 0 spiro atoms. The van der Waals surface area contributed by atoms with Gasteiger partial charge >= 0.3 is 0 Å². The van der Waals surface area contributed by atoms with Gasteiger partial charge in [-0.2, -0.15) is 0 Å². The highest BCUT2D eigenvalue weighted by Gasteiger charge is 2.27. The number of carbonyl (C=O) groups excluding carboxylic acids is 1. The SMILES string of the molecule is CC1CCN(c2ccnc3c2c(C(=O)/C=C/N(C)C)cn3S(=O)(=O)c2ccccc2)CC1. The largest absolute Gasteiger partial charge is 0.383 e. The van der Waals surface area contributed by atoms with Crippen LogP contribution in [0.15, 0.2) is 66.0 Å². The molecule has 0 bridgehead atoms. The second-order valence-electron chi connectivity index (χ2n) is 8.50. The van der Waals surface area contributed by atoms with E-state index < -0.39 is 10.0 Å². The van der Waals surface area contributed by atoms with E-state index in [1.54, 1.807) is 47.6 Å². The van der Waals surface area contributed by atoms with Crippen LogP contribution in [0.2, 0.25) is 0 Å². The Hall–Kier alpha value is -3.13. The Bertz CT molecular complexity index is 1260. The molecule has 1 fully saturated rings. The zero-order valence-electron chi connectivity index (χ0n) is 18.6. The minimum Gasteiger partial charge on any atom is -0.383 e. The van der Waals surface area contributed by atoms with Gasteiger partial charge in [0.05, 0.1) is 21.5 Å². The van der Waals surface area contributed by atoms with Crippen LogP contribution in [-0.2, 0) is 10.0 Å². The molecule has 0 aliphatic carbocycles. The first-order chi connectivity index (χ1) is 15.3. The number of hydrogen-bond acceptors (Lipinski definition) is 6. The molecule has 8 heteroatoms. The van der Waals surface area contributed by atoms with Gasteiger partial charge in [0.25, 0.3) is 10.0 Å². The minimum atomic E-state index is -3.92. The number of anilines is 1. The highest BCUT2D eigenvalue weighted by molar-refractivity contribution is 7.90. The monoisotopic (exact) mass is 452 g/mol. The highest BCUT2D eigenvalue weighted by Crippen LogP contribution is 2.34. The van der Waals surface area contributed by atoms with E-state index in [-0.39, 0.29) is 16.3 Å². The lowest BCUT2D eigenvalue weighted by atomic mass is 9.98. The van der Waals surface area contributed by atoms with Crippen LogP contribution in [-0.4, -0.2) is 55.2 Å². The molecule has 168 valence electrons. The first kappa shape index (κ1) is 22.1. The van der Waals surface area contributed by atoms with Crippen molar-refractivity contribution in [2.45, 2.75) is 24.7 Å². The molecule has 0 atom stereocenters. The van der Waals surface area contributed by atoms with Crippen molar-refractivity contribution in [2.75, 3.05) is 32.1 Å². The molecule has 1 aliphatic heterocycles. The van der Waals surface area contributed by atoms with Crippen LogP contribution in [0.25, 0.3) is 11.0 Å². The number of allylic oxidation sites excluding steroid dienone is 1. The van der Waals surface area contributed by atoms with E-state index in [1.807, 2.05) is 20.2 Å². The molecule has 4 rings (SSSR count). The Morgan fingerprint density at radius 3 is 2.47 bits per heavy atom. The van der Waals surface area contributed by atoms with Crippen molar-refractivity contribution in [1.82, 2.24) is 13.9 Å². The number of aromatic nitrogens is 2. The van der Waals surface area contributed by atoms with Gasteiger partial charge in [-0.3, -0.25) is 4.79 Å². The molecule has 7 nitrogen and oxygen atoms in total. The summed E-state index contributed by atoms with van der Waals surface area (Å²) in [4.78, 5) is 21.7. The first-order valence-corrected chi connectivity index (χ1v) is 12.2. The third-order valence-corrected chi connectivity index (χ3v) is 7.51. The zero-order chi connectivity index (χ0) is 22.9. The molecule has 0 unspecified atom stereocenters. The van der Waals surface area contributed by atoms with Gasteiger partial charge in [-0.1, -0.05) is 25.1 Å². The number of fused-ring (bicyclic) bond motifs is 1. The van der Waals surface area contributed by atoms with Gasteiger partial charge < -0.3 is 9.80 Å². The average Bonchev–Trinajstić information content (AvgIpc) is 3.19. The Morgan fingerprint density at radius 2 is 1.81 bits per heavy atom. The fraction of sp³-hybridized carbons (Fsp3) is 0.333. The first-order valence-electron chi connectivity index (χ1n) is 10.7. The maximum absolute atomic E-state index is 13.5. The van der Waals surface area contributed by atoms with Crippen LogP contribution < -0.4 is 4.90 Å². The van der Waals surface area contributed by atoms with Crippen molar-refractivity contribution >= 4 is 32.5 Å². The third-order valence-electron chi connectivity index (χ3n) is 5.85. The van der Waals surface area contributed by atoms with Crippen LogP contribution in [0.5, 0.6) is 0 Å². The van der Waals surface area contributed by atoms with Gasteiger partial charge in [0.2, 0.25) is 0 Å². The summed E-state index contributed by atoms with van der Waals surface area (Å²) in [5, 5.41) is 0.579. The second-order valence-corrected chi connectivity index (χ2v) is 10.3. The van der Waals surface area contributed by atoms with Crippen LogP contribution in [0.1, 0.15) is 30.1 Å². The van der Waals surface area contributed by atoms with E-state index in [2.05, 4.69) is 16.8 Å². The lowest BCUT2D eigenvalue weighted by Gasteiger charge is -2.32. The van der Waals surface area contributed by atoms with Crippen molar-refractivity contribution in [1.29, 1.82) is 0 Å². The molecule has 0 amide bonds. The maximum Gasteiger partial charge on any atom is 0.269 e. The summed E-state index contributed by atoms with van der Waals surface area (Å²) in [6.07, 6.45) is 8.27. The number of rotatable bonds is 6. The summed E-state index contributed by atoms with van der Waals surface area (Å²) < 4.78 is 28.0. The Labute approximate surface area is 189 Å². The topological polar surface area (TPSA) is 75.5 Å². The fourth-order valence-corrected chi connectivity index (χ4v) is 5.34. The lowest BCUT2D eigenvalue weighted by molar-refractivity contribution is 0.104. The standard InChI is InChI=1S/C24H28N4O3S/c1-18-10-15-27(16-11-18)21-9-13-25-24-23(21)20(22(29)12-14-26(2)3)17-28(24)32(30,31)19-7-5-4-6-8-19/h4-9,12-14,17-18H,10-11,15-16H2,1-3H3/b14-12+. The molecule has 1 aliphatic rings. The van der Waals surface area contributed by atoms with Crippen molar-refractivity contribution in [3.63, 3.8) is 0 Å². The van der Waals surface area contributed by atoms with Gasteiger partial charge in [0, 0.05) is 51.9 Å². The van der Waals surface area contributed by atoms with Crippen LogP contribution >= 0.6 is 0 Å². The summed E-state index contributed by atoms with van der Waals surface area (Å²) in [6, 6.07) is 10.1. The number of ketones is 1. The smallest absolute Gasteiger partial charge is 0.269 e. The van der Waals surface area contributed by atoms with E-state index in [0.29, 0.717) is 16.9 Å². The van der Waals surface area contributed by atoms with E-state index in [1.165, 1.54) is 12.3 Å². The van der Waals surface area contributed by atoms with Gasteiger partial charge in [-0.15, -0.1) is 0 Å². The molecule has 3 heterocycles. The average molecular weight is 453 g/mol. The van der Waals surface area contributed by atoms with Crippen LogP contribution in [0, 0.1) is 5.92 Å². The molecule has 0 radical (unpaired) electrons. The van der Waals surface area contributed by atoms with E-state index in [9.17, 15) is 13.2 Å². The summed E-state index contributed by atoms with van der Waals surface area (Å²) in [7, 11) is -0.261. The fourth-order valence-electron chi connectivity index (χ4n) is 4.01. The van der Waals surface area contributed by atoms with E-state index >= 15 is 0 Å². The Morgan fingerprint density at radius 1 is 1.12 bits per heavy atom. The predicted octanol–water partition coefficient (Wildman–Crippen LogP) is 3.77. The minimum absolute atomic E-state index is 0.152. The van der Waals surface area contributed by atoms with Crippen LogP contribution in [0.3, 0.4) is 0 Å². The van der Waals surface area contributed by atoms with Crippen molar-refractivity contribution in [2.24, 2.45) is 5.92 Å². The predicted molar refractivity (Wildman–Crippen MR) is 127 cm³/mol. The molecule has 0 saturated carbocycles. The summed E-state index contributed by atoms with van der Waals surface area (Å²) >= 11 is 0. The molecule has 3 aromatic rings. The number of nitrogens with zero attached hydrogens (tertiary/aromatic N) is 4. The number of pyridine rings is 1. The Balaban J connectivity index is 1.93. The normalized spacial score (nSPS) is 15.5. The molecule has 0 N–H and O–H groups in total. The number of hydrogen-bond donors (Lipinski definition) is 0. The zero-order valence-corrected chi connectivity index (χ0v) is 19.4. The number of benzene rings is 1. The molecular weight excluding hydrogens is 424 g/mol. The van der Waals surface area contributed by atoms with Crippen molar-refractivity contribution in [3.8, 4) is 0 Å². The van der Waals surface area contributed by atoms with Crippen LogP contribution in [0.4, 0.5) is 5.69 Å².